The lowest BCUT2D eigenvalue weighted by atomic mass is 9.99. The summed E-state index contributed by atoms with van der Waals surface area (Å²) in [4.78, 5) is 67.5. The molecule has 0 aliphatic heterocycles. The van der Waals surface area contributed by atoms with Gasteiger partial charge in [-0.1, -0.05) is 81.1 Å². The van der Waals surface area contributed by atoms with Gasteiger partial charge in [-0.15, -0.1) is 0 Å². The van der Waals surface area contributed by atoms with Gasteiger partial charge in [0.1, 0.15) is 36.6 Å². The number of aliphatic hydroxyl groups is 1. The fourth-order valence-electron chi connectivity index (χ4n) is 4.31. The quantitative estimate of drug-likeness (QED) is 0.151. The van der Waals surface area contributed by atoms with Crippen LogP contribution in [0.3, 0.4) is 0 Å². The van der Waals surface area contributed by atoms with E-state index in [9.17, 15) is 34.2 Å². The average Bonchev–Trinajstić information content (AvgIpc) is 2.95. The normalized spacial score (nSPS) is 14.8. The number of esters is 1. The van der Waals surface area contributed by atoms with Gasteiger partial charge in [-0.3, -0.25) is 19.2 Å². The number of carbonyl (C=O) groups is 5. The van der Waals surface area contributed by atoms with Crippen molar-refractivity contribution in [1.29, 1.82) is 0 Å². The van der Waals surface area contributed by atoms with Gasteiger partial charge < -0.3 is 35.4 Å². The Balaban J connectivity index is 3.14. The maximum absolute atomic E-state index is 13.7. The Labute approximate surface area is 279 Å². The lowest BCUT2D eigenvalue weighted by Crippen LogP contribution is -2.56. The second-order valence-electron chi connectivity index (χ2n) is 11.6. The Morgan fingerprint density at radius 3 is 2.04 bits per heavy atom. The SMILES string of the molecule is CC[C@@H](C)[C@H](NC(=O)CN(C)C(=O)[C@@H](Cc1ccc(O)cc1)N(C)C(=O)[C@H](C)NC(=O)[C@H](O)CC(C)C)C(=O)OCC(Cl)(Cl)Cl. The molecule has 0 bridgehead atoms. The van der Waals surface area contributed by atoms with Crippen LogP contribution in [0, 0.1) is 11.8 Å². The number of aliphatic hydroxyl groups excluding tert-OH is 1. The lowest BCUT2D eigenvalue weighted by Gasteiger charge is -2.33. The summed E-state index contributed by atoms with van der Waals surface area (Å²) in [5.41, 5.74) is 0.612. The molecular weight excluding hydrogens is 651 g/mol. The van der Waals surface area contributed by atoms with Crippen molar-refractivity contribution >= 4 is 64.4 Å². The van der Waals surface area contributed by atoms with Gasteiger partial charge in [-0.05, 0) is 42.9 Å². The van der Waals surface area contributed by atoms with E-state index in [2.05, 4.69) is 10.6 Å². The van der Waals surface area contributed by atoms with Crippen molar-refractivity contribution in [3.8, 4) is 5.75 Å². The summed E-state index contributed by atoms with van der Waals surface area (Å²) in [7, 11) is 2.77. The molecule has 4 amide bonds. The molecule has 254 valence electrons. The molecule has 4 N–H and O–H groups in total. The number of amides is 4. The average molecular weight is 696 g/mol. The maximum atomic E-state index is 13.7. The van der Waals surface area contributed by atoms with E-state index < -0.39 is 70.8 Å². The first-order chi connectivity index (χ1) is 20.8. The summed E-state index contributed by atoms with van der Waals surface area (Å²) in [5.74, 6) is -3.68. The first-order valence-corrected chi connectivity index (χ1v) is 15.7. The third-order valence-electron chi connectivity index (χ3n) is 7.11. The summed E-state index contributed by atoms with van der Waals surface area (Å²) in [6.45, 7) is 7.69. The second kappa shape index (κ2) is 18.4. The number of ether oxygens (including phenoxy) is 1. The highest BCUT2D eigenvalue weighted by Crippen LogP contribution is 2.26. The molecule has 1 rings (SSSR count). The van der Waals surface area contributed by atoms with Crippen LogP contribution in [0.5, 0.6) is 5.75 Å². The van der Waals surface area contributed by atoms with E-state index >= 15 is 0 Å². The number of carbonyl (C=O) groups excluding carboxylic acids is 5. The first-order valence-electron chi connectivity index (χ1n) is 14.6. The van der Waals surface area contributed by atoms with Crippen LogP contribution in [0.25, 0.3) is 0 Å². The van der Waals surface area contributed by atoms with Gasteiger partial charge in [-0.2, -0.15) is 0 Å². The zero-order chi connectivity index (χ0) is 34.6. The standard InChI is InChI=1S/C30H45Cl3N4O8/c1-8-18(4)25(29(44)45-16-30(31,32)33)35-24(40)15-36(6)28(43)22(14-20-9-11-21(38)12-10-20)37(7)27(42)19(5)34-26(41)23(39)13-17(2)3/h9-12,17-19,22-23,25,38-39H,8,13-16H2,1-7H3,(H,34,41)(H,35,40)/t18-,19+,22-,23-,25+/m1/s1. The van der Waals surface area contributed by atoms with Crippen LogP contribution >= 0.6 is 34.8 Å². The number of alkyl halides is 3. The van der Waals surface area contributed by atoms with Crippen molar-refractivity contribution in [1.82, 2.24) is 20.4 Å². The Morgan fingerprint density at radius 1 is 0.956 bits per heavy atom. The number of phenolic OH excluding ortho intramolecular Hbond substituents is 1. The van der Waals surface area contributed by atoms with Crippen LogP contribution in [-0.4, -0.2) is 105 Å². The van der Waals surface area contributed by atoms with E-state index in [0.717, 1.165) is 4.90 Å². The van der Waals surface area contributed by atoms with Gasteiger partial charge in [0.25, 0.3) is 0 Å². The van der Waals surface area contributed by atoms with E-state index in [4.69, 9.17) is 39.5 Å². The number of rotatable bonds is 16. The van der Waals surface area contributed by atoms with Gasteiger partial charge >= 0.3 is 5.97 Å². The number of phenols is 1. The molecule has 0 radical (unpaired) electrons. The van der Waals surface area contributed by atoms with E-state index in [0.29, 0.717) is 12.0 Å². The Morgan fingerprint density at radius 2 is 1.53 bits per heavy atom. The zero-order valence-electron chi connectivity index (χ0n) is 26.7. The molecule has 1 aromatic carbocycles. The van der Waals surface area contributed by atoms with Crippen LogP contribution < -0.4 is 10.6 Å². The van der Waals surface area contributed by atoms with Gasteiger partial charge in [0.05, 0.1) is 6.54 Å². The van der Waals surface area contributed by atoms with Gasteiger partial charge in [0.2, 0.25) is 27.4 Å². The smallest absolute Gasteiger partial charge is 0.329 e. The number of hydrogen-bond acceptors (Lipinski definition) is 8. The summed E-state index contributed by atoms with van der Waals surface area (Å²) < 4.78 is 3.22. The molecule has 0 aliphatic carbocycles. The van der Waals surface area contributed by atoms with Crippen molar-refractivity contribution in [2.75, 3.05) is 27.2 Å². The van der Waals surface area contributed by atoms with E-state index in [-0.39, 0.29) is 30.4 Å². The first kappa shape index (κ1) is 40.2. The molecule has 15 heteroatoms. The molecule has 45 heavy (non-hydrogen) atoms. The number of nitrogens with one attached hydrogen (secondary N) is 2. The van der Waals surface area contributed by atoms with Crippen LogP contribution in [0.15, 0.2) is 24.3 Å². The highest BCUT2D eigenvalue weighted by Gasteiger charge is 2.35. The van der Waals surface area contributed by atoms with Crippen LogP contribution in [0.1, 0.15) is 53.0 Å². The molecule has 0 aliphatic rings. The Bertz CT molecular complexity index is 1160. The molecule has 12 nitrogen and oxygen atoms in total. The number of likely N-dealkylation sites (N-methyl/N-ethyl adjacent to an activating group) is 2. The molecule has 0 heterocycles. The lowest BCUT2D eigenvalue weighted by molar-refractivity contribution is -0.150. The number of halogens is 3. The highest BCUT2D eigenvalue weighted by molar-refractivity contribution is 6.67. The molecule has 0 aromatic heterocycles. The third-order valence-corrected chi connectivity index (χ3v) is 7.44. The Hall–Kier alpha value is -2.80. The molecule has 0 saturated heterocycles. The largest absolute Gasteiger partial charge is 0.508 e. The molecule has 0 unspecified atom stereocenters. The maximum Gasteiger partial charge on any atom is 0.329 e. The Kier molecular flexibility index (Phi) is 16.4. The monoisotopic (exact) mass is 694 g/mol. The minimum absolute atomic E-state index is 0.0133. The van der Waals surface area contributed by atoms with Gasteiger partial charge in [0.15, 0.2) is 0 Å². The fraction of sp³-hybridized carbons (Fsp3) is 0.633. The zero-order valence-corrected chi connectivity index (χ0v) is 28.9. The number of nitrogens with zero attached hydrogens (tertiary/aromatic N) is 2. The van der Waals surface area contributed by atoms with Gasteiger partial charge in [0, 0.05) is 20.5 Å². The van der Waals surface area contributed by atoms with E-state index in [1.807, 2.05) is 20.8 Å². The summed E-state index contributed by atoms with van der Waals surface area (Å²) in [5, 5.41) is 24.9. The van der Waals surface area contributed by atoms with Crippen molar-refractivity contribution < 1.29 is 38.9 Å². The van der Waals surface area contributed by atoms with Crippen LogP contribution in [0.2, 0.25) is 0 Å². The van der Waals surface area contributed by atoms with Crippen molar-refractivity contribution in [3.63, 3.8) is 0 Å². The second-order valence-corrected chi connectivity index (χ2v) is 14.1. The number of benzene rings is 1. The predicted octanol–water partition coefficient (Wildman–Crippen LogP) is 2.58. The van der Waals surface area contributed by atoms with Crippen molar-refractivity contribution in [2.45, 2.75) is 81.9 Å². The number of hydrogen-bond donors (Lipinski definition) is 4. The van der Waals surface area contributed by atoms with Crippen LogP contribution in [0.4, 0.5) is 0 Å². The topological polar surface area (TPSA) is 166 Å². The molecule has 1 aromatic rings. The predicted molar refractivity (Wildman–Crippen MR) is 172 cm³/mol. The molecule has 5 atom stereocenters. The number of aromatic hydroxyl groups is 1. The minimum atomic E-state index is -1.84. The molecule has 0 spiro atoms. The summed E-state index contributed by atoms with van der Waals surface area (Å²) in [6, 6.07) is 2.77. The molecular formula is C30H45Cl3N4O8. The van der Waals surface area contributed by atoms with Gasteiger partial charge in [-0.25, -0.2) is 4.79 Å². The summed E-state index contributed by atoms with van der Waals surface area (Å²) in [6.07, 6.45) is -0.570. The van der Waals surface area contributed by atoms with Crippen LogP contribution in [-0.2, 0) is 35.1 Å². The third kappa shape index (κ3) is 14.0. The summed E-state index contributed by atoms with van der Waals surface area (Å²) >= 11 is 17.0. The molecule has 0 saturated carbocycles. The minimum Gasteiger partial charge on any atom is -0.508 e. The fourth-order valence-corrected chi connectivity index (χ4v) is 4.47. The van der Waals surface area contributed by atoms with E-state index in [1.165, 1.54) is 38.1 Å². The van der Waals surface area contributed by atoms with Crippen molar-refractivity contribution in [2.24, 2.45) is 11.8 Å². The van der Waals surface area contributed by atoms with E-state index in [1.54, 1.807) is 19.1 Å². The van der Waals surface area contributed by atoms with Crippen molar-refractivity contribution in [3.05, 3.63) is 29.8 Å². The highest BCUT2D eigenvalue weighted by atomic mass is 35.6. The molecule has 0 fully saturated rings.